The van der Waals surface area contributed by atoms with Gasteiger partial charge in [0, 0.05) is 6.54 Å². The molecule has 1 rings (SSSR count). The van der Waals surface area contributed by atoms with Gasteiger partial charge in [-0.05, 0) is 25.9 Å². The van der Waals surface area contributed by atoms with Crippen LogP contribution in [-0.2, 0) is 0 Å². The first kappa shape index (κ1) is 7.94. The average Bonchev–Trinajstić information content (AvgIpc) is 1.89. The minimum absolute atomic E-state index is 0.495. The molecule has 4 heteroatoms. The normalized spacial score (nSPS) is 24.6. The zero-order chi connectivity index (χ0) is 7.45. The lowest BCUT2D eigenvalue weighted by Gasteiger charge is -2.31. The molecule has 0 unspecified atom stereocenters. The molecule has 0 aromatic carbocycles. The van der Waals surface area contributed by atoms with Crippen molar-refractivity contribution in [3.63, 3.8) is 0 Å². The van der Waals surface area contributed by atoms with Crippen molar-refractivity contribution >= 4 is 0 Å². The summed E-state index contributed by atoms with van der Waals surface area (Å²) in [7, 11) is 0. The van der Waals surface area contributed by atoms with Crippen molar-refractivity contribution < 1.29 is 5.11 Å². The Balaban J connectivity index is 2.32. The summed E-state index contributed by atoms with van der Waals surface area (Å²) in [6.45, 7) is 2.27. The van der Waals surface area contributed by atoms with E-state index in [1.807, 2.05) is 0 Å². The van der Waals surface area contributed by atoms with Crippen molar-refractivity contribution in [3.05, 3.63) is 0 Å². The molecular weight excluding hydrogens is 130 g/mol. The van der Waals surface area contributed by atoms with Crippen LogP contribution in [0.5, 0.6) is 0 Å². The van der Waals surface area contributed by atoms with E-state index in [9.17, 15) is 5.11 Å². The first-order valence-corrected chi connectivity index (χ1v) is 3.63. The van der Waals surface area contributed by atoms with Crippen LogP contribution in [0.25, 0.3) is 0 Å². The van der Waals surface area contributed by atoms with E-state index in [1.54, 1.807) is 0 Å². The molecule has 5 N–H and O–H groups in total. The second-order valence-corrected chi connectivity index (χ2v) is 2.86. The quantitative estimate of drug-likeness (QED) is 0.284. The second kappa shape index (κ2) is 3.30. The van der Waals surface area contributed by atoms with Crippen molar-refractivity contribution in [2.24, 2.45) is 5.84 Å². The Morgan fingerprint density at radius 1 is 1.50 bits per heavy atom. The molecule has 10 heavy (non-hydrogen) atoms. The van der Waals surface area contributed by atoms with Crippen LogP contribution in [0.4, 0.5) is 0 Å². The number of nitrogens with two attached hydrogens (primary N) is 1. The topological polar surface area (TPSA) is 70.3 Å². The zero-order valence-electron chi connectivity index (χ0n) is 6.06. The lowest BCUT2D eigenvalue weighted by atomic mass is 9.93. The predicted octanol–water partition coefficient (Wildman–Crippen LogP) is -1.44. The van der Waals surface area contributed by atoms with Gasteiger partial charge in [-0.25, -0.2) is 0 Å². The Hall–Kier alpha value is -0.160. The third-order valence-corrected chi connectivity index (χ3v) is 1.97. The summed E-state index contributed by atoms with van der Waals surface area (Å²) in [5.74, 6) is 5.11. The molecular formula is C6H15N3O. The van der Waals surface area contributed by atoms with Crippen LogP contribution >= 0.6 is 0 Å². The molecule has 0 atom stereocenters. The van der Waals surface area contributed by atoms with Crippen LogP contribution in [0.2, 0.25) is 0 Å². The van der Waals surface area contributed by atoms with Crippen molar-refractivity contribution in [1.82, 2.24) is 10.7 Å². The molecule has 0 amide bonds. The zero-order valence-corrected chi connectivity index (χ0v) is 6.06. The van der Waals surface area contributed by atoms with Gasteiger partial charge in [0.1, 0.15) is 0 Å². The molecule has 1 aliphatic heterocycles. The average molecular weight is 145 g/mol. The van der Waals surface area contributed by atoms with E-state index in [4.69, 9.17) is 5.84 Å². The maximum atomic E-state index is 9.69. The van der Waals surface area contributed by atoms with Gasteiger partial charge in [-0.1, -0.05) is 0 Å². The van der Waals surface area contributed by atoms with Gasteiger partial charge in [0.2, 0.25) is 0 Å². The van der Waals surface area contributed by atoms with Crippen molar-refractivity contribution in [2.75, 3.05) is 19.6 Å². The third-order valence-electron chi connectivity index (χ3n) is 1.97. The van der Waals surface area contributed by atoms with Crippen LogP contribution in [0.1, 0.15) is 12.8 Å². The Morgan fingerprint density at radius 2 is 2.10 bits per heavy atom. The molecule has 0 saturated carbocycles. The van der Waals surface area contributed by atoms with E-state index >= 15 is 0 Å². The van der Waals surface area contributed by atoms with Gasteiger partial charge >= 0.3 is 0 Å². The number of hydrogen-bond donors (Lipinski definition) is 4. The Bertz CT molecular complexity index is 95.7. The maximum absolute atomic E-state index is 9.69. The summed E-state index contributed by atoms with van der Waals surface area (Å²) in [4.78, 5) is 0. The van der Waals surface area contributed by atoms with Crippen molar-refractivity contribution in [1.29, 1.82) is 0 Å². The maximum Gasteiger partial charge on any atom is 0.0809 e. The number of hydrazine groups is 1. The number of nitrogens with one attached hydrogen (secondary N) is 2. The largest absolute Gasteiger partial charge is 0.388 e. The Kier molecular flexibility index (Phi) is 2.62. The van der Waals surface area contributed by atoms with Gasteiger partial charge in [-0.2, -0.15) is 0 Å². The van der Waals surface area contributed by atoms with E-state index in [2.05, 4.69) is 10.7 Å². The molecule has 1 saturated heterocycles. The second-order valence-electron chi connectivity index (χ2n) is 2.86. The van der Waals surface area contributed by atoms with Crippen LogP contribution in [0.15, 0.2) is 0 Å². The molecule has 1 aliphatic rings. The van der Waals surface area contributed by atoms with E-state index in [-0.39, 0.29) is 0 Å². The third kappa shape index (κ3) is 1.91. The minimum Gasteiger partial charge on any atom is -0.388 e. The molecule has 0 spiro atoms. The summed E-state index contributed by atoms with van der Waals surface area (Å²) < 4.78 is 0. The van der Waals surface area contributed by atoms with E-state index < -0.39 is 5.60 Å². The van der Waals surface area contributed by atoms with E-state index in [0.29, 0.717) is 6.54 Å². The van der Waals surface area contributed by atoms with Crippen LogP contribution < -0.4 is 16.6 Å². The van der Waals surface area contributed by atoms with Crippen LogP contribution in [0.3, 0.4) is 0 Å². The molecule has 0 aromatic rings. The van der Waals surface area contributed by atoms with Crippen LogP contribution in [-0.4, -0.2) is 30.3 Å². The molecule has 1 heterocycles. The van der Waals surface area contributed by atoms with Gasteiger partial charge in [0.25, 0.3) is 0 Å². The SMILES string of the molecule is NNCC1(O)CCNCC1. The minimum atomic E-state index is -0.569. The van der Waals surface area contributed by atoms with E-state index in [1.165, 1.54) is 0 Å². The molecule has 1 fully saturated rings. The van der Waals surface area contributed by atoms with Gasteiger partial charge < -0.3 is 10.4 Å². The highest BCUT2D eigenvalue weighted by Gasteiger charge is 2.27. The predicted molar refractivity (Wildman–Crippen MR) is 39.2 cm³/mol. The monoisotopic (exact) mass is 145 g/mol. The fraction of sp³-hybridized carbons (Fsp3) is 1.00. The molecule has 0 aliphatic carbocycles. The summed E-state index contributed by atoms with van der Waals surface area (Å²) in [5.41, 5.74) is 1.93. The van der Waals surface area contributed by atoms with Gasteiger partial charge in [0.05, 0.1) is 5.60 Å². The lowest BCUT2D eigenvalue weighted by Crippen LogP contribution is -2.49. The Morgan fingerprint density at radius 3 is 2.60 bits per heavy atom. The van der Waals surface area contributed by atoms with E-state index in [0.717, 1.165) is 25.9 Å². The summed E-state index contributed by atoms with van der Waals surface area (Å²) in [6.07, 6.45) is 1.58. The fourth-order valence-electron chi connectivity index (χ4n) is 1.26. The standard InChI is InChI=1S/C6H15N3O/c7-9-5-6(10)1-3-8-4-2-6/h8-10H,1-5,7H2. The van der Waals surface area contributed by atoms with Gasteiger partial charge in [-0.15, -0.1) is 0 Å². The summed E-state index contributed by atoms with van der Waals surface area (Å²) in [6, 6.07) is 0. The number of piperidine rings is 1. The summed E-state index contributed by atoms with van der Waals surface area (Å²) >= 11 is 0. The number of aliphatic hydroxyl groups is 1. The Labute approximate surface area is 60.8 Å². The van der Waals surface area contributed by atoms with Crippen LogP contribution in [0, 0.1) is 0 Å². The smallest absolute Gasteiger partial charge is 0.0809 e. The number of hydrogen-bond acceptors (Lipinski definition) is 4. The molecule has 0 radical (unpaired) electrons. The first-order valence-electron chi connectivity index (χ1n) is 3.63. The van der Waals surface area contributed by atoms with Gasteiger partial charge in [-0.3, -0.25) is 11.3 Å². The fourth-order valence-corrected chi connectivity index (χ4v) is 1.26. The molecule has 4 nitrogen and oxygen atoms in total. The molecule has 60 valence electrons. The van der Waals surface area contributed by atoms with Gasteiger partial charge in [0.15, 0.2) is 0 Å². The highest BCUT2D eigenvalue weighted by molar-refractivity contribution is 4.85. The molecule has 0 bridgehead atoms. The first-order chi connectivity index (χ1) is 4.77. The lowest BCUT2D eigenvalue weighted by molar-refractivity contribution is 0.0114. The number of rotatable bonds is 2. The highest BCUT2D eigenvalue weighted by atomic mass is 16.3. The highest BCUT2D eigenvalue weighted by Crippen LogP contribution is 2.15. The van der Waals surface area contributed by atoms with Crippen molar-refractivity contribution in [3.8, 4) is 0 Å². The molecule has 0 aromatic heterocycles. The summed E-state index contributed by atoms with van der Waals surface area (Å²) in [5, 5.41) is 12.9. The van der Waals surface area contributed by atoms with Crippen molar-refractivity contribution in [2.45, 2.75) is 18.4 Å².